The zero-order valence-corrected chi connectivity index (χ0v) is 12.2. The fourth-order valence-corrected chi connectivity index (χ4v) is 1.46. The lowest BCUT2D eigenvalue weighted by Gasteiger charge is -2.20. The third-order valence-corrected chi connectivity index (χ3v) is 2.72. The Morgan fingerprint density at radius 3 is 2.58 bits per heavy atom. The Hall–Kier alpha value is -2.71. The third-order valence-electron chi connectivity index (χ3n) is 2.72. The van der Waals surface area contributed by atoms with Gasteiger partial charge in [-0.2, -0.15) is 18.4 Å². The van der Waals surface area contributed by atoms with Crippen molar-refractivity contribution in [3.05, 3.63) is 23.5 Å². The largest absolute Gasteiger partial charge is 0.461 e. The maximum atomic E-state index is 12.8. The first-order chi connectivity index (χ1) is 11.0. The molecule has 24 heavy (non-hydrogen) atoms. The zero-order valence-electron chi connectivity index (χ0n) is 12.2. The predicted octanol–water partition coefficient (Wildman–Crippen LogP) is 0.197. The number of nitriles is 1. The fourth-order valence-electron chi connectivity index (χ4n) is 1.46. The summed E-state index contributed by atoms with van der Waals surface area (Å²) in [5.74, 6) is -2.77. The average Bonchev–Trinajstić information content (AvgIpc) is 2.51. The molecule has 1 atom stereocenters. The third kappa shape index (κ3) is 4.40. The SMILES string of the molecule is CC(O)(C(=O)Nc1cnc(C#N)c(C(F)(F)F)c1)C(=O)OCCO. The zero-order chi connectivity index (χ0) is 18.5. The highest BCUT2D eigenvalue weighted by Gasteiger charge is 2.41. The summed E-state index contributed by atoms with van der Waals surface area (Å²) in [6.07, 6.45) is -4.12. The van der Waals surface area contributed by atoms with E-state index >= 15 is 0 Å². The molecule has 0 saturated heterocycles. The highest BCUT2D eigenvalue weighted by molar-refractivity contribution is 6.11. The van der Waals surface area contributed by atoms with Crippen LogP contribution in [0.3, 0.4) is 0 Å². The molecule has 0 aliphatic heterocycles. The van der Waals surface area contributed by atoms with E-state index in [0.29, 0.717) is 6.07 Å². The van der Waals surface area contributed by atoms with Crippen molar-refractivity contribution in [2.45, 2.75) is 18.7 Å². The summed E-state index contributed by atoms with van der Waals surface area (Å²) in [5, 5.41) is 28.8. The van der Waals surface area contributed by atoms with Crippen LogP contribution >= 0.6 is 0 Å². The van der Waals surface area contributed by atoms with Crippen LogP contribution < -0.4 is 5.32 Å². The van der Waals surface area contributed by atoms with Crippen molar-refractivity contribution in [3.8, 4) is 6.07 Å². The van der Waals surface area contributed by atoms with Gasteiger partial charge in [0.05, 0.1) is 24.1 Å². The van der Waals surface area contributed by atoms with Crippen molar-refractivity contribution in [1.29, 1.82) is 5.26 Å². The number of hydrogen-bond donors (Lipinski definition) is 3. The molecule has 0 aromatic carbocycles. The molecule has 0 bridgehead atoms. The molecular formula is C13H12F3N3O5. The minimum Gasteiger partial charge on any atom is -0.461 e. The summed E-state index contributed by atoms with van der Waals surface area (Å²) < 4.78 is 42.8. The standard InChI is InChI=1S/C13H12F3N3O5/c1-12(23,11(22)24-3-2-20)10(21)19-7-4-8(13(14,15)16)9(5-17)18-6-7/h4,6,20,23H,2-3H2,1H3,(H,19,21). The van der Waals surface area contributed by atoms with E-state index in [-0.39, 0.29) is 0 Å². The van der Waals surface area contributed by atoms with E-state index in [1.165, 1.54) is 6.07 Å². The van der Waals surface area contributed by atoms with Gasteiger partial charge in [0.1, 0.15) is 12.7 Å². The van der Waals surface area contributed by atoms with Crippen LogP contribution in [0.15, 0.2) is 12.3 Å². The number of pyridine rings is 1. The summed E-state index contributed by atoms with van der Waals surface area (Å²) in [6, 6.07) is 1.71. The second-order valence-electron chi connectivity index (χ2n) is 4.62. The van der Waals surface area contributed by atoms with E-state index in [0.717, 1.165) is 13.1 Å². The van der Waals surface area contributed by atoms with Gasteiger partial charge in [-0.25, -0.2) is 9.78 Å². The van der Waals surface area contributed by atoms with Gasteiger partial charge in [0, 0.05) is 0 Å². The lowest BCUT2D eigenvalue weighted by molar-refractivity contribution is -0.168. The number of carbonyl (C=O) groups is 2. The second-order valence-corrected chi connectivity index (χ2v) is 4.62. The number of halogens is 3. The van der Waals surface area contributed by atoms with Crippen molar-refractivity contribution in [2.75, 3.05) is 18.5 Å². The number of alkyl halides is 3. The second kappa shape index (κ2) is 7.24. The van der Waals surface area contributed by atoms with Gasteiger partial charge >= 0.3 is 12.1 Å². The molecule has 1 amide bonds. The highest BCUT2D eigenvalue weighted by Crippen LogP contribution is 2.32. The highest BCUT2D eigenvalue weighted by atomic mass is 19.4. The molecule has 8 nitrogen and oxygen atoms in total. The van der Waals surface area contributed by atoms with Crippen LogP contribution in [0.25, 0.3) is 0 Å². The van der Waals surface area contributed by atoms with Crippen molar-refractivity contribution >= 4 is 17.6 Å². The maximum Gasteiger partial charge on any atom is 0.419 e. The van der Waals surface area contributed by atoms with E-state index in [2.05, 4.69) is 9.72 Å². The topological polar surface area (TPSA) is 133 Å². The van der Waals surface area contributed by atoms with Crippen LogP contribution in [0.1, 0.15) is 18.2 Å². The molecule has 3 N–H and O–H groups in total. The summed E-state index contributed by atoms with van der Waals surface area (Å²) in [7, 11) is 0. The number of ether oxygens (including phenoxy) is 1. The summed E-state index contributed by atoms with van der Waals surface area (Å²) in [6.45, 7) is -0.249. The van der Waals surface area contributed by atoms with Crippen molar-refractivity contribution < 1.29 is 37.7 Å². The lowest BCUT2D eigenvalue weighted by atomic mass is 10.1. The van der Waals surface area contributed by atoms with Gasteiger partial charge in [-0.05, 0) is 13.0 Å². The molecule has 0 radical (unpaired) electrons. The first-order valence-corrected chi connectivity index (χ1v) is 6.33. The summed E-state index contributed by atoms with van der Waals surface area (Å²) >= 11 is 0. The van der Waals surface area contributed by atoms with E-state index in [9.17, 15) is 27.9 Å². The molecular weight excluding hydrogens is 335 g/mol. The van der Waals surface area contributed by atoms with Gasteiger partial charge in [0.2, 0.25) is 5.60 Å². The van der Waals surface area contributed by atoms with Crippen LogP contribution in [0.5, 0.6) is 0 Å². The first kappa shape index (κ1) is 19.3. The molecule has 1 rings (SSSR count). The Morgan fingerprint density at radius 2 is 2.08 bits per heavy atom. The molecule has 130 valence electrons. The number of aliphatic hydroxyl groups excluding tert-OH is 1. The van der Waals surface area contributed by atoms with Crippen LogP contribution in [-0.4, -0.2) is 45.9 Å². The number of nitrogens with zero attached hydrogens (tertiary/aromatic N) is 2. The van der Waals surface area contributed by atoms with Gasteiger partial charge in [-0.15, -0.1) is 0 Å². The predicted molar refractivity (Wildman–Crippen MR) is 71.3 cm³/mol. The Kier molecular flexibility index (Phi) is 5.83. The molecule has 0 aliphatic carbocycles. The number of esters is 1. The summed E-state index contributed by atoms with van der Waals surface area (Å²) in [5.41, 5.74) is -5.47. The molecule has 11 heteroatoms. The minimum absolute atomic E-state index is 0.443. The Morgan fingerprint density at radius 1 is 1.46 bits per heavy atom. The van der Waals surface area contributed by atoms with Crippen molar-refractivity contribution in [1.82, 2.24) is 4.98 Å². The Balaban J connectivity index is 3.03. The average molecular weight is 347 g/mol. The van der Waals surface area contributed by atoms with Gasteiger partial charge in [-0.1, -0.05) is 0 Å². The summed E-state index contributed by atoms with van der Waals surface area (Å²) in [4.78, 5) is 26.6. The van der Waals surface area contributed by atoms with Crippen LogP contribution in [0, 0.1) is 11.3 Å². The van der Waals surface area contributed by atoms with Gasteiger partial charge in [0.25, 0.3) is 5.91 Å². The van der Waals surface area contributed by atoms with Gasteiger partial charge in [0.15, 0.2) is 5.69 Å². The van der Waals surface area contributed by atoms with E-state index in [4.69, 9.17) is 10.4 Å². The molecule has 1 aromatic rings. The number of nitrogens with one attached hydrogen (secondary N) is 1. The lowest BCUT2D eigenvalue weighted by Crippen LogP contribution is -2.48. The smallest absolute Gasteiger partial charge is 0.419 e. The van der Waals surface area contributed by atoms with Gasteiger partial charge < -0.3 is 20.3 Å². The fraction of sp³-hybridized carbons (Fsp3) is 0.385. The number of hydrogen-bond acceptors (Lipinski definition) is 7. The van der Waals surface area contributed by atoms with Crippen molar-refractivity contribution in [3.63, 3.8) is 0 Å². The molecule has 0 fully saturated rings. The van der Waals surface area contributed by atoms with E-state index < -0.39 is 53.8 Å². The Bertz CT molecular complexity index is 682. The molecule has 1 unspecified atom stereocenters. The Labute approximate surface area is 133 Å². The minimum atomic E-state index is -4.89. The maximum absolute atomic E-state index is 12.8. The monoisotopic (exact) mass is 347 g/mol. The van der Waals surface area contributed by atoms with E-state index in [1.54, 1.807) is 0 Å². The van der Waals surface area contributed by atoms with Gasteiger partial charge in [-0.3, -0.25) is 4.79 Å². The molecule has 1 heterocycles. The van der Waals surface area contributed by atoms with Crippen LogP contribution in [-0.2, 0) is 20.5 Å². The molecule has 1 aromatic heterocycles. The quantitative estimate of drug-likeness (QED) is 0.512. The van der Waals surface area contributed by atoms with Crippen molar-refractivity contribution in [2.24, 2.45) is 0 Å². The number of aliphatic hydroxyl groups is 2. The number of anilines is 1. The number of aromatic nitrogens is 1. The molecule has 0 spiro atoms. The first-order valence-electron chi connectivity index (χ1n) is 6.33. The number of amides is 1. The molecule has 0 saturated carbocycles. The van der Waals surface area contributed by atoms with Crippen LogP contribution in [0.4, 0.5) is 18.9 Å². The molecule has 0 aliphatic rings. The van der Waals surface area contributed by atoms with E-state index in [1.807, 2.05) is 5.32 Å². The number of rotatable bonds is 5. The normalized spacial score (nSPS) is 13.5. The van der Waals surface area contributed by atoms with Crippen LogP contribution in [0.2, 0.25) is 0 Å². The number of carbonyl (C=O) groups excluding carboxylic acids is 2.